The normalized spacial score (nSPS) is 17.9. The van der Waals surface area contributed by atoms with Gasteiger partial charge in [0.25, 0.3) is 5.91 Å². The minimum Gasteiger partial charge on any atom is -0.493 e. The van der Waals surface area contributed by atoms with Gasteiger partial charge in [-0.3, -0.25) is 4.79 Å². The fourth-order valence-corrected chi connectivity index (χ4v) is 4.23. The zero-order valence-corrected chi connectivity index (χ0v) is 17.7. The van der Waals surface area contributed by atoms with Gasteiger partial charge in [-0.15, -0.1) is 0 Å². The molecule has 1 aliphatic heterocycles. The summed E-state index contributed by atoms with van der Waals surface area (Å²) in [6.07, 6.45) is 4.76. The number of halogens is 1. The number of amides is 1. The molecule has 154 valence electrons. The van der Waals surface area contributed by atoms with Gasteiger partial charge in [0.15, 0.2) is 0 Å². The van der Waals surface area contributed by atoms with E-state index in [1.807, 2.05) is 48.0 Å². The van der Waals surface area contributed by atoms with Crippen LogP contribution in [0.3, 0.4) is 0 Å². The highest BCUT2D eigenvalue weighted by atomic mass is 35.5. The minimum absolute atomic E-state index is 0.0692. The average Bonchev–Trinajstić information content (AvgIpc) is 3.51. The zero-order valence-electron chi connectivity index (χ0n) is 16.9. The van der Waals surface area contributed by atoms with Gasteiger partial charge in [0, 0.05) is 23.4 Å². The predicted octanol–water partition coefficient (Wildman–Crippen LogP) is 4.69. The zero-order chi connectivity index (χ0) is 20.7. The number of hydrogen-bond acceptors (Lipinski definition) is 3. The molecular formula is C24H24ClN3O2. The number of aromatic nitrogens is 2. The van der Waals surface area contributed by atoms with Gasteiger partial charge in [0.2, 0.25) is 0 Å². The van der Waals surface area contributed by atoms with Crippen molar-refractivity contribution in [2.75, 3.05) is 13.2 Å². The Morgan fingerprint density at radius 2 is 2.10 bits per heavy atom. The second-order valence-electron chi connectivity index (χ2n) is 8.26. The van der Waals surface area contributed by atoms with E-state index in [1.165, 1.54) is 5.56 Å². The Labute approximate surface area is 181 Å². The summed E-state index contributed by atoms with van der Waals surface area (Å²) in [4.78, 5) is 13.0. The van der Waals surface area contributed by atoms with Crippen LogP contribution in [0.1, 0.15) is 45.9 Å². The lowest BCUT2D eigenvalue weighted by molar-refractivity contribution is 0.0938. The summed E-state index contributed by atoms with van der Waals surface area (Å²) < 4.78 is 7.72. The fraction of sp³-hybridized carbons (Fsp3) is 0.333. The van der Waals surface area contributed by atoms with Crippen LogP contribution in [-0.2, 0) is 6.42 Å². The molecule has 5 nitrogen and oxygen atoms in total. The number of carbonyl (C=O) groups excluding carboxylic acids is 1. The third kappa shape index (κ3) is 3.70. The number of carbonyl (C=O) groups is 1. The Morgan fingerprint density at radius 1 is 1.27 bits per heavy atom. The molecule has 30 heavy (non-hydrogen) atoms. The van der Waals surface area contributed by atoms with Gasteiger partial charge in [-0.05, 0) is 55.5 Å². The quantitative estimate of drug-likeness (QED) is 0.650. The van der Waals surface area contributed by atoms with Crippen LogP contribution in [0.25, 0.3) is 5.69 Å². The first-order valence-corrected chi connectivity index (χ1v) is 10.8. The molecular weight excluding hydrogens is 398 g/mol. The van der Waals surface area contributed by atoms with Crippen LogP contribution in [0.2, 0.25) is 5.02 Å². The van der Waals surface area contributed by atoms with Crippen LogP contribution in [-0.4, -0.2) is 28.8 Å². The standard InChI is InChI=1S/C24H24ClN3O2/c1-15-6-9-19(11-21(15)25)28-23(17-7-8-17)20(13-27-28)24(29)26-12-16-10-18-4-2-3-5-22(18)30-14-16/h2-6,9,11,13,16-17H,7-8,10,12,14H2,1H3,(H,26,29). The van der Waals surface area contributed by atoms with E-state index in [-0.39, 0.29) is 11.8 Å². The first kappa shape index (κ1) is 19.2. The molecule has 6 heteroatoms. The molecule has 0 radical (unpaired) electrons. The minimum atomic E-state index is -0.0692. The van der Waals surface area contributed by atoms with Crippen LogP contribution in [0.5, 0.6) is 5.75 Å². The van der Waals surface area contributed by atoms with Gasteiger partial charge in [-0.2, -0.15) is 5.10 Å². The van der Waals surface area contributed by atoms with E-state index < -0.39 is 0 Å². The van der Waals surface area contributed by atoms with E-state index in [0.29, 0.717) is 29.7 Å². The first-order chi connectivity index (χ1) is 14.6. The lowest BCUT2D eigenvalue weighted by Gasteiger charge is -2.25. The largest absolute Gasteiger partial charge is 0.493 e. The van der Waals surface area contributed by atoms with Crippen LogP contribution >= 0.6 is 11.6 Å². The molecule has 5 rings (SSSR count). The maximum atomic E-state index is 13.0. The molecule has 0 spiro atoms. The molecule has 0 saturated heterocycles. The number of para-hydroxylation sites is 1. The number of benzene rings is 2. The number of ether oxygens (including phenoxy) is 1. The SMILES string of the molecule is Cc1ccc(-n2ncc(C(=O)NCC3COc4ccccc4C3)c2C2CC2)cc1Cl. The van der Waals surface area contributed by atoms with E-state index >= 15 is 0 Å². The van der Waals surface area contributed by atoms with E-state index in [4.69, 9.17) is 16.3 Å². The van der Waals surface area contributed by atoms with Crippen molar-refractivity contribution < 1.29 is 9.53 Å². The third-order valence-corrected chi connectivity index (χ3v) is 6.33. The molecule has 1 amide bonds. The number of fused-ring (bicyclic) bond motifs is 1. The van der Waals surface area contributed by atoms with Gasteiger partial charge in [-0.25, -0.2) is 4.68 Å². The molecule has 1 saturated carbocycles. The van der Waals surface area contributed by atoms with Crippen molar-refractivity contribution >= 4 is 17.5 Å². The monoisotopic (exact) mass is 421 g/mol. The Bertz CT molecular complexity index is 1100. The Kier molecular flexibility index (Phi) is 4.99. The predicted molar refractivity (Wildman–Crippen MR) is 117 cm³/mol. The van der Waals surface area contributed by atoms with Gasteiger partial charge >= 0.3 is 0 Å². The Hall–Kier alpha value is -2.79. The molecule has 1 aliphatic carbocycles. The van der Waals surface area contributed by atoms with Crippen molar-refractivity contribution in [3.63, 3.8) is 0 Å². The highest BCUT2D eigenvalue weighted by Crippen LogP contribution is 2.42. The van der Waals surface area contributed by atoms with Gasteiger partial charge in [-0.1, -0.05) is 35.9 Å². The fourth-order valence-electron chi connectivity index (χ4n) is 4.06. The number of rotatable bonds is 5. The molecule has 2 heterocycles. The number of aryl methyl sites for hydroxylation is 1. The van der Waals surface area contributed by atoms with Crippen molar-refractivity contribution in [2.24, 2.45) is 5.92 Å². The lowest BCUT2D eigenvalue weighted by Crippen LogP contribution is -2.35. The van der Waals surface area contributed by atoms with E-state index in [9.17, 15) is 4.79 Å². The van der Waals surface area contributed by atoms with Crippen LogP contribution < -0.4 is 10.1 Å². The van der Waals surface area contributed by atoms with Crippen molar-refractivity contribution in [1.29, 1.82) is 0 Å². The van der Waals surface area contributed by atoms with Gasteiger partial charge < -0.3 is 10.1 Å². The first-order valence-electron chi connectivity index (χ1n) is 10.4. The topological polar surface area (TPSA) is 56.2 Å². The maximum Gasteiger partial charge on any atom is 0.254 e. The summed E-state index contributed by atoms with van der Waals surface area (Å²) in [5, 5.41) is 8.35. The summed E-state index contributed by atoms with van der Waals surface area (Å²) in [7, 11) is 0. The number of hydrogen-bond donors (Lipinski definition) is 1. The van der Waals surface area contributed by atoms with Gasteiger partial charge in [0.05, 0.1) is 29.7 Å². The van der Waals surface area contributed by atoms with Crippen LogP contribution in [0.15, 0.2) is 48.7 Å². The van der Waals surface area contributed by atoms with E-state index in [1.54, 1.807) is 6.20 Å². The van der Waals surface area contributed by atoms with Crippen LogP contribution in [0, 0.1) is 12.8 Å². The Morgan fingerprint density at radius 3 is 2.90 bits per heavy atom. The molecule has 2 aromatic carbocycles. The summed E-state index contributed by atoms with van der Waals surface area (Å²) in [6, 6.07) is 14.0. The van der Waals surface area contributed by atoms with Crippen molar-refractivity contribution in [3.8, 4) is 11.4 Å². The molecule has 2 aliphatic rings. The molecule has 1 fully saturated rings. The molecule has 1 aromatic heterocycles. The summed E-state index contributed by atoms with van der Waals surface area (Å²) in [5.74, 6) is 1.52. The van der Waals surface area contributed by atoms with E-state index in [2.05, 4.69) is 16.5 Å². The maximum absolute atomic E-state index is 13.0. The van der Waals surface area contributed by atoms with Crippen molar-refractivity contribution in [2.45, 2.75) is 32.1 Å². The Balaban J connectivity index is 1.33. The molecule has 1 N–H and O–H groups in total. The molecule has 3 aromatic rings. The second-order valence-corrected chi connectivity index (χ2v) is 8.67. The summed E-state index contributed by atoms with van der Waals surface area (Å²) in [5.41, 5.74) is 4.76. The van der Waals surface area contributed by atoms with Crippen LogP contribution in [0.4, 0.5) is 0 Å². The summed E-state index contributed by atoms with van der Waals surface area (Å²) in [6.45, 7) is 3.18. The summed E-state index contributed by atoms with van der Waals surface area (Å²) >= 11 is 6.32. The molecule has 1 atom stereocenters. The smallest absolute Gasteiger partial charge is 0.254 e. The molecule has 1 unspecified atom stereocenters. The van der Waals surface area contributed by atoms with Gasteiger partial charge in [0.1, 0.15) is 5.75 Å². The van der Waals surface area contributed by atoms with Crippen molar-refractivity contribution in [3.05, 3.63) is 76.1 Å². The van der Waals surface area contributed by atoms with Crippen molar-refractivity contribution in [1.82, 2.24) is 15.1 Å². The molecule has 0 bridgehead atoms. The number of nitrogens with zero attached hydrogens (tertiary/aromatic N) is 2. The highest BCUT2D eigenvalue weighted by Gasteiger charge is 2.33. The van der Waals surface area contributed by atoms with E-state index in [0.717, 1.165) is 42.0 Å². The lowest BCUT2D eigenvalue weighted by atomic mass is 9.96. The highest BCUT2D eigenvalue weighted by molar-refractivity contribution is 6.31. The second kappa shape index (κ2) is 7.80. The average molecular weight is 422 g/mol. The third-order valence-electron chi connectivity index (χ3n) is 5.92. The number of nitrogens with one attached hydrogen (secondary N) is 1.